The van der Waals surface area contributed by atoms with E-state index in [1.54, 1.807) is 24.3 Å². The molecule has 0 atom stereocenters. The molecule has 0 radical (unpaired) electrons. The minimum absolute atomic E-state index is 0. The van der Waals surface area contributed by atoms with Crippen molar-refractivity contribution in [2.24, 2.45) is 11.8 Å². The van der Waals surface area contributed by atoms with E-state index in [9.17, 15) is 0 Å². The third kappa shape index (κ3) is 18.6. The SMILES string of the molecule is CC(C)CCSCCC(C)C.Oc1ccccc1.[Ca+2].[H-].[H-]. The third-order valence-electron chi connectivity index (χ3n) is 2.44. The molecule has 0 fully saturated rings. The molecule has 1 nitrogen and oxygen atoms in total. The Labute approximate surface area is 156 Å². The van der Waals surface area contributed by atoms with Crippen LogP contribution in [0.3, 0.4) is 0 Å². The first kappa shape index (κ1) is 21.9. The Morgan fingerprint density at radius 1 is 0.947 bits per heavy atom. The van der Waals surface area contributed by atoms with Crippen LogP contribution in [0.2, 0.25) is 0 Å². The van der Waals surface area contributed by atoms with Crippen LogP contribution in [-0.2, 0) is 0 Å². The van der Waals surface area contributed by atoms with Crippen LogP contribution in [0.5, 0.6) is 5.75 Å². The van der Waals surface area contributed by atoms with Crippen LogP contribution in [0, 0.1) is 11.8 Å². The number of para-hydroxylation sites is 1. The molecule has 0 aromatic heterocycles. The summed E-state index contributed by atoms with van der Waals surface area (Å²) in [4.78, 5) is 0. The molecule has 0 amide bonds. The number of thioether (sulfide) groups is 1. The topological polar surface area (TPSA) is 20.2 Å². The monoisotopic (exact) mass is 310 g/mol. The summed E-state index contributed by atoms with van der Waals surface area (Å²) >= 11 is 2.11. The molecule has 19 heavy (non-hydrogen) atoms. The third-order valence-corrected chi connectivity index (χ3v) is 3.48. The predicted octanol–water partition coefficient (Wildman–Crippen LogP) is 5.05. The number of benzene rings is 1. The fourth-order valence-corrected chi connectivity index (χ4v) is 2.65. The average molecular weight is 311 g/mol. The van der Waals surface area contributed by atoms with Gasteiger partial charge in [-0.3, -0.25) is 0 Å². The summed E-state index contributed by atoms with van der Waals surface area (Å²) < 4.78 is 0. The second-order valence-corrected chi connectivity index (χ2v) is 6.54. The molecule has 1 N–H and O–H groups in total. The second kappa shape index (κ2) is 15.0. The molecular weight excluding hydrogens is 280 g/mol. The van der Waals surface area contributed by atoms with Crippen molar-refractivity contribution in [2.45, 2.75) is 40.5 Å². The standard InChI is InChI=1S/C10H22S.C6H6O.Ca.2H/c1-9(2)5-7-11-8-6-10(3)4;7-6-4-2-1-3-5-6;;;/h9-10H,5-8H2,1-4H3;1-5,7H;;;/q;;+2;2*-1. The zero-order chi connectivity index (χ0) is 13.8. The summed E-state index contributed by atoms with van der Waals surface area (Å²) in [5.41, 5.74) is 0. The Balaban J connectivity index is -0.000000127. The molecule has 0 heterocycles. The fraction of sp³-hybridized carbons (Fsp3) is 0.625. The normalized spacial score (nSPS) is 9.79. The van der Waals surface area contributed by atoms with Gasteiger partial charge < -0.3 is 7.96 Å². The van der Waals surface area contributed by atoms with Crippen LogP contribution in [-0.4, -0.2) is 54.4 Å². The molecule has 0 saturated heterocycles. The molecule has 0 spiro atoms. The number of phenolic OH excluding ortho intramolecular Hbond substituents is 1. The Morgan fingerprint density at radius 2 is 1.37 bits per heavy atom. The quantitative estimate of drug-likeness (QED) is 0.586. The van der Waals surface area contributed by atoms with Gasteiger partial charge in [-0.1, -0.05) is 45.9 Å². The summed E-state index contributed by atoms with van der Waals surface area (Å²) in [6.45, 7) is 9.18. The molecule has 1 rings (SSSR count). The van der Waals surface area contributed by atoms with Crippen molar-refractivity contribution in [1.29, 1.82) is 0 Å². The van der Waals surface area contributed by atoms with Gasteiger partial charge in [0.2, 0.25) is 0 Å². The van der Waals surface area contributed by atoms with E-state index in [4.69, 9.17) is 5.11 Å². The van der Waals surface area contributed by atoms with E-state index in [1.165, 1.54) is 24.3 Å². The van der Waals surface area contributed by atoms with Crippen LogP contribution in [0.15, 0.2) is 30.3 Å². The molecule has 1 aromatic carbocycles. The summed E-state index contributed by atoms with van der Waals surface area (Å²) in [6, 6.07) is 8.71. The van der Waals surface area contributed by atoms with E-state index in [0.717, 1.165) is 11.8 Å². The van der Waals surface area contributed by atoms with E-state index in [-0.39, 0.29) is 40.6 Å². The maximum atomic E-state index is 8.63. The minimum atomic E-state index is 0. The van der Waals surface area contributed by atoms with E-state index in [2.05, 4.69) is 39.5 Å². The van der Waals surface area contributed by atoms with E-state index >= 15 is 0 Å². The average Bonchev–Trinajstić information content (AvgIpc) is 2.29. The van der Waals surface area contributed by atoms with Crippen molar-refractivity contribution in [3.63, 3.8) is 0 Å². The summed E-state index contributed by atoms with van der Waals surface area (Å²) in [6.07, 6.45) is 2.76. The predicted molar refractivity (Wildman–Crippen MR) is 92.3 cm³/mol. The van der Waals surface area contributed by atoms with Crippen molar-refractivity contribution in [1.82, 2.24) is 0 Å². The number of aromatic hydroxyl groups is 1. The smallest absolute Gasteiger partial charge is 1.00 e. The molecule has 0 bridgehead atoms. The van der Waals surface area contributed by atoms with Crippen LogP contribution < -0.4 is 0 Å². The van der Waals surface area contributed by atoms with Crippen LogP contribution >= 0.6 is 11.8 Å². The van der Waals surface area contributed by atoms with Gasteiger partial charge in [-0.05, 0) is 48.3 Å². The largest absolute Gasteiger partial charge is 2.00 e. The number of hydrogen-bond donors (Lipinski definition) is 1. The van der Waals surface area contributed by atoms with Gasteiger partial charge in [-0.25, -0.2) is 0 Å². The molecule has 0 aliphatic heterocycles. The Kier molecular flexibility index (Phi) is 17.3. The van der Waals surface area contributed by atoms with Crippen molar-refractivity contribution in [2.75, 3.05) is 11.5 Å². The van der Waals surface area contributed by atoms with Gasteiger partial charge in [-0.2, -0.15) is 11.8 Å². The minimum Gasteiger partial charge on any atom is -1.00 e. The van der Waals surface area contributed by atoms with Crippen molar-refractivity contribution in [3.05, 3.63) is 30.3 Å². The van der Waals surface area contributed by atoms with E-state index in [0.29, 0.717) is 5.75 Å². The Morgan fingerprint density at radius 3 is 1.63 bits per heavy atom. The Bertz CT molecular complexity index is 275. The summed E-state index contributed by atoms with van der Waals surface area (Å²) in [5, 5.41) is 8.63. The number of hydrogen-bond acceptors (Lipinski definition) is 2. The van der Waals surface area contributed by atoms with Gasteiger partial charge in [0.25, 0.3) is 0 Å². The molecule has 0 aliphatic rings. The molecule has 0 aliphatic carbocycles. The fourth-order valence-electron chi connectivity index (χ4n) is 1.17. The van der Waals surface area contributed by atoms with Gasteiger partial charge in [0.05, 0.1) is 0 Å². The van der Waals surface area contributed by atoms with Gasteiger partial charge in [-0.15, -0.1) is 0 Å². The van der Waals surface area contributed by atoms with Crippen molar-refractivity contribution in [3.8, 4) is 5.75 Å². The van der Waals surface area contributed by atoms with E-state index < -0.39 is 0 Å². The number of phenols is 1. The maximum absolute atomic E-state index is 8.63. The van der Waals surface area contributed by atoms with Gasteiger partial charge in [0.15, 0.2) is 0 Å². The van der Waals surface area contributed by atoms with Crippen LogP contribution in [0.1, 0.15) is 43.4 Å². The summed E-state index contributed by atoms with van der Waals surface area (Å²) in [7, 11) is 0. The van der Waals surface area contributed by atoms with Gasteiger partial charge in [0.1, 0.15) is 5.75 Å². The molecular formula is C16H30CaOS. The van der Waals surface area contributed by atoms with E-state index in [1.807, 2.05) is 6.07 Å². The molecule has 108 valence electrons. The van der Waals surface area contributed by atoms with Crippen molar-refractivity contribution < 1.29 is 7.96 Å². The zero-order valence-electron chi connectivity index (χ0n) is 14.9. The van der Waals surface area contributed by atoms with Gasteiger partial charge in [0, 0.05) is 0 Å². The summed E-state index contributed by atoms with van der Waals surface area (Å²) in [5.74, 6) is 4.78. The zero-order valence-corrected chi connectivity index (χ0v) is 16.0. The first-order valence-corrected chi connectivity index (χ1v) is 7.99. The molecule has 1 aromatic rings. The number of rotatable bonds is 6. The first-order valence-electron chi connectivity index (χ1n) is 6.84. The molecule has 3 heteroatoms. The van der Waals surface area contributed by atoms with Crippen LogP contribution in [0.25, 0.3) is 0 Å². The maximum Gasteiger partial charge on any atom is 2.00 e. The second-order valence-electron chi connectivity index (χ2n) is 5.31. The molecule has 0 saturated carbocycles. The van der Waals surface area contributed by atoms with Crippen LogP contribution in [0.4, 0.5) is 0 Å². The molecule has 0 unspecified atom stereocenters. The van der Waals surface area contributed by atoms with Crippen molar-refractivity contribution >= 4 is 49.5 Å². The van der Waals surface area contributed by atoms with Gasteiger partial charge >= 0.3 is 37.7 Å². The Hall–Kier alpha value is 0.630. The first-order chi connectivity index (χ1) is 8.52.